The van der Waals surface area contributed by atoms with Gasteiger partial charge in [0.05, 0.1) is 11.9 Å². The molecular weight excluding hydrogens is 290 g/mol. The van der Waals surface area contributed by atoms with E-state index in [0.717, 1.165) is 19.3 Å². The molecule has 0 saturated carbocycles. The minimum atomic E-state index is -3.91. The lowest BCUT2D eigenvalue weighted by atomic mass is 10.1. The van der Waals surface area contributed by atoms with Crippen LogP contribution in [0.3, 0.4) is 0 Å². The molecule has 0 aliphatic rings. The van der Waals surface area contributed by atoms with E-state index in [4.69, 9.17) is 4.55 Å². The Labute approximate surface area is 130 Å². The molecule has 6 heteroatoms. The lowest BCUT2D eigenvalue weighted by molar-refractivity contribution is 0.117. The zero-order chi connectivity index (χ0) is 16.1. The Balaban J connectivity index is 3.47. The van der Waals surface area contributed by atoms with Gasteiger partial charge in [0.25, 0.3) is 10.1 Å². The average molecular weight is 323 g/mol. The van der Waals surface area contributed by atoms with Crippen LogP contribution in [0.2, 0.25) is 0 Å². The molecule has 1 unspecified atom stereocenters. The molecule has 2 N–H and O–H groups in total. The van der Waals surface area contributed by atoms with Gasteiger partial charge in [0, 0.05) is 13.1 Å². The van der Waals surface area contributed by atoms with Crippen molar-refractivity contribution in [2.45, 2.75) is 70.8 Å². The maximum Gasteiger partial charge on any atom is 0.266 e. The Bertz CT molecular complexity index is 333. The second-order valence-electron chi connectivity index (χ2n) is 5.97. The Hall–Kier alpha value is -0.170. The van der Waals surface area contributed by atoms with Crippen LogP contribution >= 0.6 is 0 Å². The molecule has 5 nitrogen and oxygen atoms in total. The van der Waals surface area contributed by atoms with Crippen LogP contribution in [0.1, 0.15) is 64.7 Å². The van der Waals surface area contributed by atoms with E-state index in [1.165, 1.54) is 38.5 Å². The summed E-state index contributed by atoms with van der Waals surface area (Å²) in [6, 6.07) is 0. The lowest BCUT2D eigenvalue weighted by Crippen LogP contribution is -2.32. The van der Waals surface area contributed by atoms with E-state index in [-0.39, 0.29) is 12.3 Å². The van der Waals surface area contributed by atoms with Gasteiger partial charge >= 0.3 is 0 Å². The number of aliphatic hydroxyl groups is 1. The largest absolute Gasteiger partial charge is 0.392 e. The van der Waals surface area contributed by atoms with E-state index in [0.29, 0.717) is 6.54 Å². The molecule has 21 heavy (non-hydrogen) atoms. The second kappa shape index (κ2) is 12.4. The molecule has 0 aromatic heterocycles. The van der Waals surface area contributed by atoms with Crippen LogP contribution in [-0.4, -0.2) is 55.0 Å². The highest BCUT2D eigenvalue weighted by Gasteiger charge is 2.11. The fourth-order valence-electron chi connectivity index (χ4n) is 2.33. The van der Waals surface area contributed by atoms with E-state index in [9.17, 15) is 13.5 Å². The number of rotatable bonds is 14. The van der Waals surface area contributed by atoms with Gasteiger partial charge in [-0.05, 0) is 13.5 Å². The smallest absolute Gasteiger partial charge is 0.266 e. The highest BCUT2D eigenvalue weighted by atomic mass is 32.2. The van der Waals surface area contributed by atoms with Crippen molar-refractivity contribution in [1.29, 1.82) is 0 Å². The van der Waals surface area contributed by atoms with E-state index in [1.807, 2.05) is 0 Å². The predicted molar refractivity (Wildman–Crippen MR) is 87.1 cm³/mol. The van der Waals surface area contributed by atoms with Gasteiger partial charge in [0.1, 0.15) is 0 Å². The maximum atomic E-state index is 10.6. The van der Waals surface area contributed by atoms with Gasteiger partial charge < -0.3 is 10.0 Å². The Morgan fingerprint density at radius 3 is 2.05 bits per heavy atom. The summed E-state index contributed by atoms with van der Waals surface area (Å²) in [7, 11) is -2.16. The summed E-state index contributed by atoms with van der Waals surface area (Å²) < 4.78 is 29.9. The van der Waals surface area contributed by atoms with Gasteiger partial charge in [-0.3, -0.25) is 4.55 Å². The molecule has 0 aliphatic heterocycles. The summed E-state index contributed by atoms with van der Waals surface area (Å²) in [6.45, 7) is 2.91. The molecule has 0 bridgehead atoms. The van der Waals surface area contributed by atoms with Crippen molar-refractivity contribution in [1.82, 2.24) is 4.90 Å². The topological polar surface area (TPSA) is 77.8 Å². The van der Waals surface area contributed by atoms with Crippen molar-refractivity contribution in [2.24, 2.45) is 0 Å². The monoisotopic (exact) mass is 323 g/mol. The van der Waals surface area contributed by atoms with Crippen LogP contribution in [0.4, 0.5) is 0 Å². The highest BCUT2D eigenvalue weighted by Crippen LogP contribution is 2.11. The molecule has 0 aromatic rings. The van der Waals surface area contributed by atoms with Gasteiger partial charge in [-0.25, -0.2) is 0 Å². The Morgan fingerprint density at radius 2 is 1.52 bits per heavy atom. The van der Waals surface area contributed by atoms with Crippen LogP contribution in [-0.2, 0) is 10.1 Å². The summed E-state index contributed by atoms with van der Waals surface area (Å²) in [5.41, 5.74) is 0. The van der Waals surface area contributed by atoms with Crippen LogP contribution in [0.25, 0.3) is 0 Å². The summed E-state index contributed by atoms with van der Waals surface area (Å²) >= 11 is 0. The molecule has 1 atom stereocenters. The molecule has 0 heterocycles. The average Bonchev–Trinajstić information content (AvgIpc) is 2.39. The Morgan fingerprint density at radius 1 is 1.00 bits per heavy atom. The van der Waals surface area contributed by atoms with Gasteiger partial charge in [-0.1, -0.05) is 58.3 Å². The van der Waals surface area contributed by atoms with E-state index in [1.54, 1.807) is 11.9 Å². The molecule has 0 aromatic carbocycles. The zero-order valence-corrected chi connectivity index (χ0v) is 14.4. The van der Waals surface area contributed by atoms with E-state index >= 15 is 0 Å². The van der Waals surface area contributed by atoms with Crippen LogP contribution in [0, 0.1) is 0 Å². The molecule has 0 saturated heterocycles. The summed E-state index contributed by atoms with van der Waals surface area (Å²) in [5.74, 6) is -0.284. The maximum absolute atomic E-state index is 10.6. The minimum absolute atomic E-state index is 0.243. The van der Waals surface area contributed by atoms with Crippen LogP contribution in [0.5, 0.6) is 0 Å². The molecule has 0 spiro atoms. The zero-order valence-electron chi connectivity index (χ0n) is 13.6. The van der Waals surface area contributed by atoms with Crippen LogP contribution in [0.15, 0.2) is 0 Å². The van der Waals surface area contributed by atoms with Crippen molar-refractivity contribution in [3.8, 4) is 0 Å². The molecule has 0 amide bonds. The Kier molecular flexibility index (Phi) is 12.3. The first kappa shape index (κ1) is 20.8. The third-order valence-corrected chi connectivity index (χ3v) is 4.34. The fourth-order valence-corrected chi connectivity index (χ4v) is 2.87. The van der Waals surface area contributed by atoms with Crippen LogP contribution < -0.4 is 0 Å². The first-order valence-electron chi connectivity index (χ1n) is 8.17. The van der Waals surface area contributed by atoms with Crippen molar-refractivity contribution in [2.75, 3.05) is 25.9 Å². The number of hydrogen-bond acceptors (Lipinski definition) is 4. The normalized spacial score (nSPS) is 13.8. The molecule has 0 fully saturated rings. The fraction of sp³-hybridized carbons (Fsp3) is 1.00. The molecule has 0 aliphatic carbocycles. The molecular formula is C15H33NO4S. The van der Waals surface area contributed by atoms with Gasteiger partial charge in [-0.2, -0.15) is 8.42 Å². The molecule has 128 valence electrons. The van der Waals surface area contributed by atoms with Gasteiger partial charge in [-0.15, -0.1) is 0 Å². The number of aliphatic hydroxyl groups excluding tert-OH is 1. The van der Waals surface area contributed by atoms with Gasteiger partial charge in [0.2, 0.25) is 0 Å². The minimum Gasteiger partial charge on any atom is -0.392 e. The number of nitrogens with zero attached hydrogens (tertiary/aromatic N) is 1. The van der Waals surface area contributed by atoms with E-state index in [2.05, 4.69) is 6.92 Å². The SMILES string of the molecule is CCCCCCCCCCC(O)CN(C)CCS(=O)(=O)O. The van der Waals surface area contributed by atoms with Crippen molar-refractivity contribution >= 4 is 10.1 Å². The first-order valence-corrected chi connectivity index (χ1v) is 9.78. The quantitative estimate of drug-likeness (QED) is 0.379. The molecule has 0 radical (unpaired) electrons. The van der Waals surface area contributed by atoms with Gasteiger partial charge in [0.15, 0.2) is 0 Å². The standard InChI is InChI=1S/C15H33NO4S/c1-3-4-5-6-7-8-9-10-11-15(17)14-16(2)12-13-21(18,19)20/h15,17H,3-14H2,1-2H3,(H,18,19,20). The summed E-state index contributed by atoms with van der Waals surface area (Å²) in [4.78, 5) is 1.74. The van der Waals surface area contributed by atoms with Crippen molar-refractivity contribution in [3.63, 3.8) is 0 Å². The first-order chi connectivity index (χ1) is 9.85. The number of likely N-dealkylation sites (N-methyl/N-ethyl adjacent to an activating group) is 1. The van der Waals surface area contributed by atoms with E-state index < -0.39 is 16.2 Å². The van der Waals surface area contributed by atoms with Crippen molar-refractivity contribution in [3.05, 3.63) is 0 Å². The number of unbranched alkanes of at least 4 members (excludes halogenated alkanes) is 7. The highest BCUT2D eigenvalue weighted by molar-refractivity contribution is 7.85. The summed E-state index contributed by atoms with van der Waals surface area (Å²) in [6.07, 6.45) is 10.3. The third-order valence-electron chi connectivity index (χ3n) is 3.64. The third kappa shape index (κ3) is 16.0. The lowest BCUT2D eigenvalue weighted by Gasteiger charge is -2.19. The van der Waals surface area contributed by atoms with Crippen molar-refractivity contribution < 1.29 is 18.1 Å². The molecule has 0 rings (SSSR count). The second-order valence-corrected chi connectivity index (χ2v) is 7.54. The number of hydrogen-bond donors (Lipinski definition) is 2. The predicted octanol–water partition coefficient (Wildman–Crippen LogP) is 2.70. The summed E-state index contributed by atoms with van der Waals surface area (Å²) in [5, 5.41) is 9.87.